The largest absolute Gasteiger partial charge is 0.496 e. The van der Waals surface area contributed by atoms with Gasteiger partial charge < -0.3 is 14.6 Å². The van der Waals surface area contributed by atoms with Crippen molar-refractivity contribution < 1.29 is 17.9 Å². The van der Waals surface area contributed by atoms with Crippen LogP contribution in [0.1, 0.15) is 42.3 Å². The first-order chi connectivity index (χ1) is 16.4. The van der Waals surface area contributed by atoms with Crippen LogP contribution in [0.4, 0.5) is 0 Å². The van der Waals surface area contributed by atoms with Crippen molar-refractivity contribution in [1.29, 1.82) is 0 Å². The molecule has 1 unspecified atom stereocenters. The third kappa shape index (κ3) is 5.15. The molecular weight excluding hydrogens is 452 g/mol. The smallest absolute Gasteiger partial charge is 0.243 e. The van der Waals surface area contributed by atoms with E-state index < -0.39 is 16.1 Å². The van der Waals surface area contributed by atoms with E-state index >= 15 is 0 Å². The van der Waals surface area contributed by atoms with E-state index in [9.17, 15) is 13.2 Å². The van der Waals surface area contributed by atoms with Crippen LogP contribution in [0, 0.1) is 0 Å². The van der Waals surface area contributed by atoms with Gasteiger partial charge in [-0.3, -0.25) is 4.79 Å². The number of hydrogen-bond donors (Lipinski definition) is 1. The molecular formula is C25H30N4O4S. The Balaban J connectivity index is 1.44. The maximum absolute atomic E-state index is 12.9. The molecule has 3 aromatic rings. The lowest BCUT2D eigenvalue weighted by Gasteiger charge is -2.21. The van der Waals surface area contributed by atoms with Gasteiger partial charge in [-0.05, 0) is 43.0 Å². The minimum atomic E-state index is -3.44. The third-order valence-corrected chi connectivity index (χ3v) is 8.05. The normalized spacial score (nSPS) is 15.2. The van der Waals surface area contributed by atoms with Crippen LogP contribution >= 0.6 is 0 Å². The molecule has 0 spiro atoms. The highest BCUT2D eigenvalue weighted by Crippen LogP contribution is 2.29. The molecule has 4 rings (SSSR count). The van der Waals surface area contributed by atoms with Crippen molar-refractivity contribution in [3.8, 4) is 5.75 Å². The summed E-state index contributed by atoms with van der Waals surface area (Å²) >= 11 is 0. The highest BCUT2D eigenvalue weighted by molar-refractivity contribution is 7.89. The van der Waals surface area contributed by atoms with Gasteiger partial charge in [-0.1, -0.05) is 30.3 Å². The summed E-state index contributed by atoms with van der Waals surface area (Å²) < 4.78 is 34.3. The summed E-state index contributed by atoms with van der Waals surface area (Å²) in [4.78, 5) is 17.7. The predicted octanol–water partition coefficient (Wildman–Crippen LogP) is 3.05. The van der Waals surface area contributed by atoms with Crippen LogP contribution in [-0.4, -0.2) is 48.4 Å². The standard InChI is InChI=1S/C25H30N4O4S/c1-28-18-15-26-25(28)24(21-7-3-4-8-22(21)33-2)27-23(30)14-11-19-9-12-20(13-10-19)34(31,32)29-16-5-6-17-29/h3-4,7-10,12-13,15,18,24H,5-6,11,14,16-17H2,1-2H3,(H,27,30). The lowest BCUT2D eigenvalue weighted by Crippen LogP contribution is -2.31. The van der Waals surface area contributed by atoms with Gasteiger partial charge in [0, 0.05) is 44.5 Å². The van der Waals surface area contributed by atoms with Gasteiger partial charge in [-0.2, -0.15) is 4.31 Å². The predicted molar refractivity (Wildman–Crippen MR) is 129 cm³/mol. The van der Waals surface area contributed by atoms with Crippen LogP contribution in [0.25, 0.3) is 0 Å². The van der Waals surface area contributed by atoms with Crippen LogP contribution in [-0.2, 0) is 28.3 Å². The molecule has 180 valence electrons. The Labute approximate surface area is 200 Å². The Hall–Kier alpha value is -3.17. The van der Waals surface area contributed by atoms with Gasteiger partial charge in [0.1, 0.15) is 17.6 Å². The average molecular weight is 483 g/mol. The number of ether oxygens (including phenoxy) is 1. The van der Waals surface area contributed by atoms with Crippen molar-refractivity contribution >= 4 is 15.9 Å². The number of benzene rings is 2. The number of aryl methyl sites for hydroxylation is 2. The first-order valence-corrected chi connectivity index (χ1v) is 12.8. The molecule has 34 heavy (non-hydrogen) atoms. The van der Waals surface area contributed by atoms with Crippen molar-refractivity contribution in [3.63, 3.8) is 0 Å². The van der Waals surface area contributed by atoms with Crippen LogP contribution in [0.15, 0.2) is 65.8 Å². The number of methoxy groups -OCH3 is 1. The maximum atomic E-state index is 12.9. The molecule has 2 aromatic carbocycles. The second-order valence-corrected chi connectivity index (χ2v) is 10.3. The maximum Gasteiger partial charge on any atom is 0.243 e. The van der Waals surface area contributed by atoms with E-state index in [1.165, 1.54) is 4.31 Å². The number of sulfonamides is 1. The van der Waals surface area contributed by atoms with Crippen molar-refractivity contribution in [2.24, 2.45) is 7.05 Å². The fraction of sp³-hybridized carbons (Fsp3) is 0.360. The number of hydrogen-bond acceptors (Lipinski definition) is 5. The van der Waals surface area contributed by atoms with E-state index in [0.29, 0.717) is 36.0 Å². The Bertz CT molecular complexity index is 1230. The molecule has 1 amide bonds. The number of carbonyl (C=O) groups is 1. The number of carbonyl (C=O) groups excluding carboxylic acids is 1. The molecule has 0 bridgehead atoms. The Kier molecular flexibility index (Phi) is 7.33. The van der Waals surface area contributed by atoms with E-state index in [1.807, 2.05) is 42.1 Å². The molecule has 0 radical (unpaired) electrons. The fourth-order valence-electron chi connectivity index (χ4n) is 4.24. The summed E-state index contributed by atoms with van der Waals surface area (Å²) in [5.41, 5.74) is 1.73. The summed E-state index contributed by atoms with van der Waals surface area (Å²) in [6, 6.07) is 13.9. The Morgan fingerprint density at radius 1 is 1.12 bits per heavy atom. The molecule has 1 aromatic heterocycles. The summed E-state index contributed by atoms with van der Waals surface area (Å²) in [5.74, 6) is 1.24. The molecule has 1 fully saturated rings. The van der Waals surface area contributed by atoms with Crippen molar-refractivity contribution in [2.75, 3.05) is 20.2 Å². The fourth-order valence-corrected chi connectivity index (χ4v) is 5.76. The van der Waals surface area contributed by atoms with E-state index in [-0.39, 0.29) is 12.3 Å². The second-order valence-electron chi connectivity index (χ2n) is 8.39. The molecule has 8 nitrogen and oxygen atoms in total. The highest BCUT2D eigenvalue weighted by Gasteiger charge is 2.27. The number of nitrogens with one attached hydrogen (secondary N) is 1. The third-order valence-electron chi connectivity index (χ3n) is 6.14. The van der Waals surface area contributed by atoms with Crippen molar-refractivity contribution in [2.45, 2.75) is 36.6 Å². The van der Waals surface area contributed by atoms with Gasteiger partial charge >= 0.3 is 0 Å². The summed E-state index contributed by atoms with van der Waals surface area (Å²) in [7, 11) is 0.0483. The Morgan fingerprint density at radius 3 is 2.47 bits per heavy atom. The van der Waals surface area contributed by atoms with E-state index in [2.05, 4.69) is 10.3 Å². The van der Waals surface area contributed by atoms with E-state index in [4.69, 9.17) is 4.74 Å². The number of imidazole rings is 1. The zero-order valence-electron chi connectivity index (χ0n) is 19.5. The lowest BCUT2D eigenvalue weighted by molar-refractivity contribution is -0.121. The summed E-state index contributed by atoms with van der Waals surface area (Å²) in [6.45, 7) is 1.15. The van der Waals surface area contributed by atoms with Crippen molar-refractivity contribution in [3.05, 3.63) is 77.9 Å². The van der Waals surface area contributed by atoms with Crippen LogP contribution in [0.3, 0.4) is 0 Å². The highest BCUT2D eigenvalue weighted by atomic mass is 32.2. The van der Waals surface area contributed by atoms with Crippen LogP contribution in [0.5, 0.6) is 5.75 Å². The molecule has 9 heteroatoms. The molecule has 1 aliphatic heterocycles. The number of amides is 1. The average Bonchev–Trinajstić information content (AvgIpc) is 3.54. The number of para-hydroxylation sites is 1. The number of nitrogens with zero attached hydrogens (tertiary/aromatic N) is 3. The van der Waals surface area contributed by atoms with Crippen LogP contribution in [0.2, 0.25) is 0 Å². The van der Waals surface area contributed by atoms with Gasteiger partial charge in [0.25, 0.3) is 0 Å². The topological polar surface area (TPSA) is 93.5 Å². The first-order valence-electron chi connectivity index (χ1n) is 11.4. The first kappa shape index (κ1) is 24.0. The molecule has 2 heterocycles. The van der Waals surface area contributed by atoms with Crippen molar-refractivity contribution in [1.82, 2.24) is 19.2 Å². The minimum absolute atomic E-state index is 0.132. The van der Waals surface area contributed by atoms with Gasteiger partial charge in [0.2, 0.25) is 15.9 Å². The zero-order valence-corrected chi connectivity index (χ0v) is 20.3. The van der Waals surface area contributed by atoms with Gasteiger partial charge in [0.05, 0.1) is 12.0 Å². The summed E-state index contributed by atoms with van der Waals surface area (Å²) in [6.07, 6.45) is 6.09. The molecule has 1 atom stereocenters. The lowest BCUT2D eigenvalue weighted by atomic mass is 10.0. The second kappa shape index (κ2) is 10.4. The quantitative estimate of drug-likeness (QED) is 0.506. The molecule has 1 aliphatic rings. The van der Waals surface area contributed by atoms with Crippen LogP contribution < -0.4 is 10.1 Å². The molecule has 1 saturated heterocycles. The molecule has 0 aliphatic carbocycles. The summed E-state index contributed by atoms with van der Waals surface area (Å²) in [5, 5.41) is 3.09. The van der Waals surface area contributed by atoms with E-state index in [0.717, 1.165) is 24.0 Å². The Morgan fingerprint density at radius 2 is 1.82 bits per heavy atom. The monoisotopic (exact) mass is 482 g/mol. The zero-order chi connectivity index (χ0) is 24.1. The van der Waals surface area contributed by atoms with E-state index in [1.54, 1.807) is 37.6 Å². The van der Waals surface area contributed by atoms with Gasteiger partial charge in [-0.15, -0.1) is 0 Å². The molecule has 1 N–H and O–H groups in total. The van der Waals surface area contributed by atoms with Gasteiger partial charge in [0.15, 0.2) is 0 Å². The number of rotatable bonds is 9. The number of aromatic nitrogens is 2. The van der Waals surface area contributed by atoms with Gasteiger partial charge in [-0.25, -0.2) is 13.4 Å². The minimum Gasteiger partial charge on any atom is -0.496 e. The molecule has 0 saturated carbocycles. The SMILES string of the molecule is COc1ccccc1C(NC(=O)CCc1ccc(S(=O)(=O)N2CCCC2)cc1)c1nccn1C.